The predicted molar refractivity (Wildman–Crippen MR) is 140 cm³/mol. The number of likely N-dealkylation sites (N-methyl/N-ethyl adjacent to an activating group) is 1. The Morgan fingerprint density at radius 1 is 1.06 bits per heavy atom. The number of H-pyrrole nitrogens is 1. The Hall–Kier alpha value is -3.84. The second-order valence-corrected chi connectivity index (χ2v) is 9.46. The summed E-state index contributed by atoms with van der Waals surface area (Å²) in [5, 5.41) is 11.4. The van der Waals surface area contributed by atoms with Crippen LogP contribution in [-0.4, -0.2) is 50.9 Å². The maximum Gasteiger partial charge on any atom is 0.237 e. The summed E-state index contributed by atoms with van der Waals surface area (Å²) in [4.78, 5) is 32.5. The Morgan fingerprint density at radius 2 is 1.86 bits per heavy atom. The van der Waals surface area contributed by atoms with Gasteiger partial charge in [-0.05, 0) is 61.6 Å². The van der Waals surface area contributed by atoms with Crippen molar-refractivity contribution in [2.75, 3.05) is 13.1 Å². The van der Waals surface area contributed by atoms with Gasteiger partial charge in [-0.1, -0.05) is 30.3 Å². The summed E-state index contributed by atoms with van der Waals surface area (Å²) in [6.07, 6.45) is 5.55. The second-order valence-electron chi connectivity index (χ2n) is 9.46. The van der Waals surface area contributed by atoms with Gasteiger partial charge < -0.3 is 5.32 Å². The summed E-state index contributed by atoms with van der Waals surface area (Å²) in [7, 11) is 0. The molecule has 36 heavy (non-hydrogen) atoms. The number of aromatic amines is 1. The molecule has 7 heteroatoms. The Bertz CT molecular complexity index is 1340. The lowest BCUT2D eigenvalue weighted by molar-refractivity contribution is -0.128. The predicted octanol–water partition coefficient (Wildman–Crippen LogP) is 4.61. The molecule has 2 aromatic carbocycles. The van der Waals surface area contributed by atoms with E-state index in [0.717, 1.165) is 41.5 Å². The summed E-state index contributed by atoms with van der Waals surface area (Å²) in [5.41, 5.74) is 4.54. The third-order valence-corrected chi connectivity index (χ3v) is 6.98. The van der Waals surface area contributed by atoms with Crippen molar-refractivity contribution in [1.29, 1.82) is 0 Å². The van der Waals surface area contributed by atoms with Gasteiger partial charge >= 0.3 is 0 Å². The number of hydrogen-bond acceptors (Lipinski definition) is 5. The van der Waals surface area contributed by atoms with Crippen LogP contribution in [0, 0.1) is 5.92 Å². The molecule has 2 N–H and O–H groups in total. The Morgan fingerprint density at radius 3 is 2.64 bits per heavy atom. The molecule has 0 saturated carbocycles. The maximum atomic E-state index is 13.4. The van der Waals surface area contributed by atoms with Gasteiger partial charge in [0.1, 0.15) is 5.69 Å². The average Bonchev–Trinajstić information content (AvgIpc) is 3.33. The zero-order chi connectivity index (χ0) is 24.9. The number of Topliss-reactive ketones (excluding diaryl/α,β-unsaturated/α-hetero) is 1. The Balaban J connectivity index is 1.32. The van der Waals surface area contributed by atoms with Crippen LogP contribution in [0.5, 0.6) is 0 Å². The molecule has 4 aromatic rings. The van der Waals surface area contributed by atoms with E-state index in [9.17, 15) is 9.59 Å². The number of hydrogen-bond donors (Lipinski definition) is 2. The molecule has 2 atom stereocenters. The van der Waals surface area contributed by atoms with Crippen LogP contribution < -0.4 is 5.32 Å². The van der Waals surface area contributed by atoms with Crippen LogP contribution in [0.3, 0.4) is 0 Å². The fourth-order valence-corrected chi connectivity index (χ4v) is 5.17. The minimum atomic E-state index is -0.165. The zero-order valence-electron chi connectivity index (χ0n) is 20.5. The quantitative estimate of drug-likeness (QED) is 0.359. The molecule has 3 heterocycles. The number of likely N-dealkylation sites (tertiary alicyclic amines) is 1. The molecular formula is C29H31N5O2. The van der Waals surface area contributed by atoms with Crippen LogP contribution in [0.4, 0.5) is 0 Å². The van der Waals surface area contributed by atoms with Gasteiger partial charge in [0.2, 0.25) is 5.91 Å². The van der Waals surface area contributed by atoms with E-state index >= 15 is 0 Å². The Labute approximate surface area is 210 Å². The highest BCUT2D eigenvalue weighted by Gasteiger charge is 2.33. The van der Waals surface area contributed by atoms with E-state index < -0.39 is 0 Å². The van der Waals surface area contributed by atoms with Gasteiger partial charge in [0.15, 0.2) is 5.78 Å². The lowest BCUT2D eigenvalue weighted by Crippen LogP contribution is -2.51. The molecule has 1 fully saturated rings. The van der Waals surface area contributed by atoms with Crippen molar-refractivity contribution in [3.8, 4) is 11.3 Å². The summed E-state index contributed by atoms with van der Waals surface area (Å²) in [6.45, 7) is 3.98. The molecule has 1 amide bonds. The van der Waals surface area contributed by atoms with E-state index in [2.05, 4.69) is 37.5 Å². The fourth-order valence-electron chi connectivity index (χ4n) is 5.17. The lowest BCUT2D eigenvalue weighted by atomic mass is 9.87. The fraction of sp³-hybridized carbons (Fsp3) is 0.310. The van der Waals surface area contributed by atoms with Crippen molar-refractivity contribution in [1.82, 2.24) is 25.4 Å². The molecule has 184 valence electrons. The van der Waals surface area contributed by atoms with Crippen LogP contribution in [0.25, 0.3) is 22.2 Å². The van der Waals surface area contributed by atoms with Crippen LogP contribution >= 0.6 is 0 Å². The number of carbonyl (C=O) groups excluding carboxylic acids is 2. The molecule has 1 aliphatic heterocycles. The topological polar surface area (TPSA) is 91.0 Å². The van der Waals surface area contributed by atoms with Gasteiger partial charge in [-0.2, -0.15) is 5.10 Å². The molecule has 0 aliphatic carbocycles. The summed E-state index contributed by atoms with van der Waals surface area (Å²) in [6, 6.07) is 19.6. The van der Waals surface area contributed by atoms with E-state index in [-0.39, 0.29) is 23.7 Å². The number of carbonyl (C=O) groups is 2. The number of rotatable bonds is 8. The summed E-state index contributed by atoms with van der Waals surface area (Å²) < 4.78 is 0. The number of aromatic nitrogens is 3. The van der Waals surface area contributed by atoms with Gasteiger partial charge in [0, 0.05) is 55.0 Å². The number of nitrogens with one attached hydrogen (secondary N) is 2. The van der Waals surface area contributed by atoms with Gasteiger partial charge in [-0.3, -0.25) is 24.6 Å². The number of nitrogens with zero attached hydrogens (tertiary/aromatic N) is 3. The highest BCUT2D eigenvalue weighted by atomic mass is 16.2. The third kappa shape index (κ3) is 5.21. The third-order valence-electron chi connectivity index (χ3n) is 6.98. The monoisotopic (exact) mass is 481 g/mol. The van der Waals surface area contributed by atoms with Crippen molar-refractivity contribution in [2.24, 2.45) is 5.92 Å². The van der Waals surface area contributed by atoms with Crippen LogP contribution in [0.2, 0.25) is 0 Å². The standard InChI is InChI=1S/C29H31N5O2/c1-2-31-29(36)26-11-8-21(19-34(26)18-20-6-4-3-5-7-20)16-27(35)23-9-10-25-24(17-23)28(33-32-25)22-12-14-30-15-13-22/h3-7,9-10,12-15,17,21,26H,2,8,11,16,18-19H2,1H3,(H,31,36)(H,32,33)/t21-,26-/m0/s1. The minimum Gasteiger partial charge on any atom is -0.355 e. The average molecular weight is 482 g/mol. The van der Waals surface area contributed by atoms with Gasteiger partial charge in [0.05, 0.1) is 11.6 Å². The largest absolute Gasteiger partial charge is 0.355 e. The Kier molecular flexibility index (Phi) is 7.18. The number of benzene rings is 2. The number of ketones is 1. The highest BCUT2D eigenvalue weighted by molar-refractivity contribution is 6.02. The van der Waals surface area contributed by atoms with Crippen molar-refractivity contribution in [2.45, 2.75) is 38.8 Å². The first-order valence-corrected chi connectivity index (χ1v) is 12.6. The van der Waals surface area contributed by atoms with E-state index in [1.807, 2.05) is 55.5 Å². The van der Waals surface area contributed by atoms with Gasteiger partial charge in [-0.25, -0.2) is 0 Å². The van der Waals surface area contributed by atoms with Crippen LogP contribution in [0.15, 0.2) is 73.1 Å². The lowest BCUT2D eigenvalue weighted by Gasteiger charge is -2.38. The molecular weight excluding hydrogens is 450 g/mol. The summed E-state index contributed by atoms with van der Waals surface area (Å²) >= 11 is 0. The van der Waals surface area contributed by atoms with Crippen molar-refractivity contribution in [3.63, 3.8) is 0 Å². The molecule has 7 nitrogen and oxygen atoms in total. The first-order valence-electron chi connectivity index (χ1n) is 12.6. The number of amides is 1. The van der Waals surface area contributed by atoms with Crippen LogP contribution in [0.1, 0.15) is 42.1 Å². The molecule has 5 rings (SSSR count). The van der Waals surface area contributed by atoms with Crippen molar-refractivity contribution >= 4 is 22.6 Å². The second kappa shape index (κ2) is 10.8. The highest BCUT2D eigenvalue weighted by Crippen LogP contribution is 2.30. The molecule has 2 aromatic heterocycles. The number of fused-ring (bicyclic) bond motifs is 1. The molecule has 0 bridgehead atoms. The van der Waals surface area contributed by atoms with Gasteiger partial charge in [-0.15, -0.1) is 0 Å². The minimum absolute atomic E-state index is 0.0762. The number of pyridine rings is 1. The van der Waals surface area contributed by atoms with Crippen molar-refractivity contribution < 1.29 is 9.59 Å². The first kappa shape index (κ1) is 23.9. The zero-order valence-corrected chi connectivity index (χ0v) is 20.5. The van der Waals surface area contributed by atoms with E-state index in [1.54, 1.807) is 12.4 Å². The van der Waals surface area contributed by atoms with E-state index in [0.29, 0.717) is 25.1 Å². The van der Waals surface area contributed by atoms with Crippen LogP contribution in [-0.2, 0) is 11.3 Å². The molecule has 0 unspecified atom stereocenters. The molecule has 0 radical (unpaired) electrons. The maximum absolute atomic E-state index is 13.4. The normalized spacial score (nSPS) is 18.2. The van der Waals surface area contributed by atoms with Crippen molar-refractivity contribution in [3.05, 3.63) is 84.2 Å². The van der Waals surface area contributed by atoms with Gasteiger partial charge in [0.25, 0.3) is 0 Å². The smallest absolute Gasteiger partial charge is 0.237 e. The first-order chi connectivity index (χ1) is 17.6. The molecule has 1 saturated heterocycles. The van der Waals surface area contributed by atoms with E-state index in [4.69, 9.17) is 0 Å². The SMILES string of the molecule is CCNC(=O)[C@@H]1CC[C@@H](CC(=O)c2ccc3[nH]nc(-c4ccncc4)c3c2)CN1Cc1ccccc1. The summed E-state index contributed by atoms with van der Waals surface area (Å²) in [5.74, 6) is 0.402. The molecule has 1 aliphatic rings. The van der Waals surface area contributed by atoms with E-state index in [1.165, 1.54) is 5.56 Å². The number of piperidine rings is 1. The molecule has 0 spiro atoms.